The molecule has 0 aliphatic carbocycles. The largest absolute Gasteiger partial charge is 0.325 e. The number of carbonyl (C=O) groups is 2. The van der Waals surface area contributed by atoms with Crippen LogP contribution in [0.4, 0.5) is 11.6 Å². The van der Waals surface area contributed by atoms with Crippen LogP contribution in [0.1, 0.15) is 37.3 Å². The fourth-order valence-corrected chi connectivity index (χ4v) is 4.28. The van der Waals surface area contributed by atoms with E-state index in [9.17, 15) is 9.59 Å². The fraction of sp³-hybridized carbons (Fsp3) is 0.318. The monoisotopic (exact) mass is 421 g/mol. The lowest BCUT2D eigenvalue weighted by molar-refractivity contribution is -0.153. The van der Waals surface area contributed by atoms with Crippen LogP contribution in [0.25, 0.3) is 10.6 Å². The summed E-state index contributed by atoms with van der Waals surface area (Å²) in [5.74, 6) is 1.14. The average Bonchev–Trinajstić information content (AvgIpc) is 3.13. The van der Waals surface area contributed by atoms with E-state index in [4.69, 9.17) is 0 Å². The quantitative estimate of drug-likeness (QED) is 0.617. The Morgan fingerprint density at radius 3 is 2.60 bits per heavy atom. The molecule has 3 aromatic rings. The molecule has 7 nitrogen and oxygen atoms in total. The predicted octanol–water partition coefficient (Wildman–Crippen LogP) is 4.33. The molecular weight excluding hydrogens is 398 g/mol. The van der Waals surface area contributed by atoms with Crippen LogP contribution >= 0.6 is 11.3 Å². The third kappa shape index (κ3) is 4.54. The number of carbonyl (C=O) groups excluding carboxylic acids is 2. The molecule has 0 atom stereocenters. The van der Waals surface area contributed by atoms with E-state index < -0.39 is 0 Å². The van der Waals surface area contributed by atoms with Gasteiger partial charge in [-0.1, -0.05) is 19.9 Å². The van der Waals surface area contributed by atoms with Crippen molar-refractivity contribution >= 4 is 34.8 Å². The minimum atomic E-state index is -0.276. The van der Waals surface area contributed by atoms with Gasteiger partial charge in [0.05, 0.1) is 17.1 Å². The van der Waals surface area contributed by atoms with Crippen LogP contribution in [0, 0.1) is 12.3 Å². The standard InChI is InChI=1S/C22H23N5O2S/c1-14-7-8-23-18(9-14)26-17-6-4-5-15(25-17)16-12-24-19(30-16)13-27-20(28)10-22(2,3)11-21(27)29/h4-9,12H,10-11,13H2,1-3H3,(H,23,25,26). The maximum absolute atomic E-state index is 12.4. The topological polar surface area (TPSA) is 88.1 Å². The number of likely N-dealkylation sites (tertiary alicyclic amines) is 1. The Balaban J connectivity index is 1.49. The van der Waals surface area contributed by atoms with Crippen molar-refractivity contribution in [2.75, 3.05) is 5.32 Å². The molecule has 4 rings (SSSR count). The Bertz CT molecular complexity index is 1090. The van der Waals surface area contributed by atoms with Crippen molar-refractivity contribution in [3.63, 3.8) is 0 Å². The molecule has 0 spiro atoms. The zero-order valence-electron chi connectivity index (χ0n) is 17.2. The number of rotatable bonds is 5. The summed E-state index contributed by atoms with van der Waals surface area (Å²) in [4.78, 5) is 40.4. The molecule has 1 aliphatic rings. The van der Waals surface area contributed by atoms with Gasteiger partial charge in [-0.3, -0.25) is 14.5 Å². The lowest BCUT2D eigenvalue weighted by atomic mass is 9.82. The van der Waals surface area contributed by atoms with Crippen molar-refractivity contribution in [1.29, 1.82) is 0 Å². The number of aromatic nitrogens is 3. The van der Waals surface area contributed by atoms with Crippen LogP contribution in [0.2, 0.25) is 0 Å². The second-order valence-corrected chi connectivity index (χ2v) is 9.38. The van der Waals surface area contributed by atoms with Crippen molar-refractivity contribution in [1.82, 2.24) is 19.9 Å². The summed E-state index contributed by atoms with van der Waals surface area (Å²) in [6.07, 6.45) is 4.24. The molecule has 2 amide bonds. The van der Waals surface area contributed by atoms with Gasteiger partial charge in [0.25, 0.3) is 0 Å². The first-order valence-electron chi connectivity index (χ1n) is 9.74. The zero-order valence-corrected chi connectivity index (χ0v) is 18.0. The molecule has 0 aromatic carbocycles. The van der Waals surface area contributed by atoms with Crippen molar-refractivity contribution < 1.29 is 9.59 Å². The number of hydrogen-bond donors (Lipinski definition) is 1. The van der Waals surface area contributed by atoms with Gasteiger partial charge in [0.15, 0.2) is 0 Å². The van der Waals surface area contributed by atoms with Gasteiger partial charge >= 0.3 is 0 Å². The summed E-state index contributed by atoms with van der Waals surface area (Å²) in [5, 5.41) is 3.93. The summed E-state index contributed by atoms with van der Waals surface area (Å²) in [7, 11) is 0. The molecule has 0 unspecified atom stereocenters. The third-order valence-corrected chi connectivity index (χ3v) is 5.89. The summed E-state index contributed by atoms with van der Waals surface area (Å²) in [6, 6.07) is 9.59. The van der Waals surface area contributed by atoms with E-state index in [1.165, 1.54) is 16.2 Å². The summed E-state index contributed by atoms with van der Waals surface area (Å²) >= 11 is 1.44. The molecule has 0 saturated carbocycles. The summed E-state index contributed by atoms with van der Waals surface area (Å²) < 4.78 is 0. The number of aryl methyl sites for hydroxylation is 1. The van der Waals surface area contributed by atoms with Crippen molar-refractivity contribution in [3.05, 3.63) is 53.3 Å². The van der Waals surface area contributed by atoms with Gasteiger partial charge in [-0.15, -0.1) is 11.3 Å². The van der Waals surface area contributed by atoms with E-state index in [-0.39, 0.29) is 23.8 Å². The van der Waals surface area contributed by atoms with Gasteiger partial charge in [-0.25, -0.2) is 15.0 Å². The number of pyridine rings is 2. The maximum atomic E-state index is 12.4. The van der Waals surface area contributed by atoms with E-state index >= 15 is 0 Å². The van der Waals surface area contributed by atoms with Crippen molar-refractivity contribution in [3.8, 4) is 10.6 Å². The smallest absolute Gasteiger partial charge is 0.230 e. The zero-order chi connectivity index (χ0) is 21.3. The third-order valence-electron chi connectivity index (χ3n) is 4.88. The molecule has 0 bridgehead atoms. The van der Waals surface area contributed by atoms with Gasteiger partial charge < -0.3 is 5.32 Å². The number of imide groups is 1. The Hall–Kier alpha value is -3.13. The highest BCUT2D eigenvalue weighted by Gasteiger charge is 2.37. The molecular formula is C22H23N5O2S. The Labute approximate surface area is 179 Å². The lowest BCUT2D eigenvalue weighted by Crippen LogP contribution is -2.45. The first-order valence-corrected chi connectivity index (χ1v) is 10.6. The summed E-state index contributed by atoms with van der Waals surface area (Å²) in [5.41, 5.74) is 1.61. The number of piperidine rings is 1. The highest BCUT2D eigenvalue weighted by Crippen LogP contribution is 2.33. The second-order valence-electron chi connectivity index (χ2n) is 8.26. The molecule has 3 aromatic heterocycles. The second kappa shape index (κ2) is 7.95. The molecule has 4 heterocycles. The van der Waals surface area contributed by atoms with Crippen LogP contribution in [-0.4, -0.2) is 31.7 Å². The number of hydrogen-bond acceptors (Lipinski definition) is 7. The van der Waals surface area contributed by atoms with Crippen molar-refractivity contribution in [2.45, 2.75) is 40.2 Å². The first kappa shape index (κ1) is 20.2. The molecule has 0 radical (unpaired) electrons. The number of thiazole rings is 1. The highest BCUT2D eigenvalue weighted by molar-refractivity contribution is 7.15. The van der Waals surface area contributed by atoms with Crippen LogP contribution in [0.15, 0.2) is 42.7 Å². The van der Waals surface area contributed by atoms with Gasteiger partial charge in [0.2, 0.25) is 11.8 Å². The maximum Gasteiger partial charge on any atom is 0.230 e. The molecule has 1 fully saturated rings. The number of nitrogens with one attached hydrogen (secondary N) is 1. The first-order chi connectivity index (χ1) is 14.3. The van der Waals surface area contributed by atoms with Crippen molar-refractivity contribution in [2.24, 2.45) is 5.41 Å². The highest BCUT2D eigenvalue weighted by atomic mass is 32.1. The minimum absolute atomic E-state index is 0.136. The van der Waals surface area contributed by atoms with E-state index in [2.05, 4.69) is 20.3 Å². The number of amides is 2. The van der Waals surface area contributed by atoms with Crippen LogP contribution in [0.5, 0.6) is 0 Å². The van der Waals surface area contributed by atoms with Gasteiger partial charge in [-0.05, 0) is 42.2 Å². The molecule has 8 heteroatoms. The Morgan fingerprint density at radius 1 is 1.10 bits per heavy atom. The van der Waals surface area contributed by atoms with Crippen LogP contribution < -0.4 is 5.32 Å². The Morgan fingerprint density at radius 2 is 1.87 bits per heavy atom. The van der Waals surface area contributed by atoms with E-state index in [0.717, 1.165) is 22.0 Å². The van der Waals surface area contributed by atoms with Crippen LogP contribution in [0.3, 0.4) is 0 Å². The van der Waals surface area contributed by atoms with E-state index in [0.29, 0.717) is 23.7 Å². The van der Waals surface area contributed by atoms with E-state index in [1.807, 2.05) is 51.1 Å². The van der Waals surface area contributed by atoms with Crippen LogP contribution in [-0.2, 0) is 16.1 Å². The fourth-order valence-electron chi connectivity index (χ4n) is 3.40. The SMILES string of the molecule is Cc1ccnc(Nc2cccc(-c3cnc(CN4C(=O)CC(C)(C)CC4=O)s3)n2)c1. The number of nitrogens with zero attached hydrogens (tertiary/aromatic N) is 4. The number of anilines is 2. The minimum Gasteiger partial charge on any atom is -0.325 e. The molecule has 154 valence electrons. The van der Waals surface area contributed by atoms with Gasteiger partial charge in [0.1, 0.15) is 16.6 Å². The Kier molecular flexibility index (Phi) is 5.34. The molecule has 1 N–H and O–H groups in total. The van der Waals surface area contributed by atoms with E-state index in [1.54, 1.807) is 12.4 Å². The average molecular weight is 422 g/mol. The lowest BCUT2D eigenvalue weighted by Gasteiger charge is -2.34. The normalized spacial score (nSPS) is 16.0. The molecule has 1 aliphatic heterocycles. The van der Waals surface area contributed by atoms with Gasteiger partial charge in [-0.2, -0.15) is 0 Å². The molecule has 1 saturated heterocycles. The predicted molar refractivity (Wildman–Crippen MR) is 116 cm³/mol. The molecule has 30 heavy (non-hydrogen) atoms. The summed E-state index contributed by atoms with van der Waals surface area (Å²) in [6.45, 7) is 6.11. The van der Waals surface area contributed by atoms with Gasteiger partial charge in [0, 0.05) is 25.2 Å².